The first-order valence-corrected chi connectivity index (χ1v) is 9.57. The van der Waals surface area contributed by atoms with Crippen LogP contribution >= 0.6 is 11.8 Å². The number of tetrazole rings is 1. The van der Waals surface area contributed by atoms with Gasteiger partial charge in [-0.15, -0.1) is 5.10 Å². The molecule has 0 unspecified atom stereocenters. The number of benzene rings is 1. The summed E-state index contributed by atoms with van der Waals surface area (Å²) in [5, 5.41) is 24.3. The lowest BCUT2D eigenvalue weighted by Crippen LogP contribution is -2.15. The molecule has 1 aromatic carbocycles. The Morgan fingerprint density at radius 1 is 1.29 bits per heavy atom. The molecule has 4 aromatic rings. The van der Waals surface area contributed by atoms with Crippen molar-refractivity contribution in [3.8, 4) is 11.8 Å². The number of nitrogens with one attached hydrogen (secondary N) is 1. The van der Waals surface area contributed by atoms with E-state index < -0.39 is 0 Å². The van der Waals surface area contributed by atoms with Gasteiger partial charge in [0, 0.05) is 18.0 Å². The number of nitriles is 1. The fourth-order valence-corrected chi connectivity index (χ4v) is 3.54. The fraction of sp³-hybridized carbons (Fsp3) is 0.222. The zero-order chi connectivity index (χ0) is 19.7. The summed E-state index contributed by atoms with van der Waals surface area (Å²) in [6.45, 7) is 4.28. The molecule has 0 bridgehead atoms. The molecule has 3 aromatic heterocycles. The van der Waals surface area contributed by atoms with Crippen LogP contribution in [0.15, 0.2) is 46.5 Å². The summed E-state index contributed by atoms with van der Waals surface area (Å²) in [5.74, 6) is 0.843. The fourth-order valence-electron chi connectivity index (χ4n) is 2.75. The van der Waals surface area contributed by atoms with Gasteiger partial charge in [-0.3, -0.25) is 9.89 Å². The second-order valence-corrected chi connectivity index (χ2v) is 7.39. The molecule has 0 aliphatic rings. The van der Waals surface area contributed by atoms with Gasteiger partial charge in [0.05, 0.1) is 11.4 Å². The molecule has 0 fully saturated rings. The van der Waals surface area contributed by atoms with Gasteiger partial charge in [-0.25, -0.2) is 9.50 Å². The van der Waals surface area contributed by atoms with E-state index in [9.17, 15) is 4.79 Å². The highest BCUT2D eigenvalue weighted by Crippen LogP contribution is 2.23. The van der Waals surface area contributed by atoms with Crippen molar-refractivity contribution >= 4 is 17.4 Å². The molecule has 0 saturated carbocycles. The summed E-state index contributed by atoms with van der Waals surface area (Å²) in [4.78, 5) is 16.6. The number of aromatic amines is 1. The zero-order valence-corrected chi connectivity index (χ0v) is 16.0. The Labute approximate surface area is 164 Å². The second-order valence-electron chi connectivity index (χ2n) is 6.45. The Balaban J connectivity index is 1.58. The minimum absolute atomic E-state index is 0.272. The Morgan fingerprint density at radius 3 is 2.79 bits per heavy atom. The van der Waals surface area contributed by atoms with Crippen molar-refractivity contribution in [1.82, 2.24) is 34.8 Å². The molecule has 0 aliphatic carbocycles. The van der Waals surface area contributed by atoms with Crippen LogP contribution in [0.25, 0.3) is 11.3 Å². The van der Waals surface area contributed by atoms with Crippen LogP contribution in [-0.2, 0) is 5.75 Å². The third-order valence-electron chi connectivity index (χ3n) is 4.27. The molecule has 140 valence electrons. The number of rotatable bonds is 5. The first-order chi connectivity index (χ1) is 13.6. The van der Waals surface area contributed by atoms with Gasteiger partial charge in [0.25, 0.3) is 5.56 Å². The SMILES string of the molecule is CC(C)c1ccc(-n2nnnc2SCc2cc(=O)n3[nH]cc(C#N)c3n2)cc1. The molecule has 0 aliphatic heterocycles. The average Bonchev–Trinajstić information content (AvgIpc) is 3.33. The van der Waals surface area contributed by atoms with Crippen molar-refractivity contribution in [1.29, 1.82) is 5.26 Å². The standard InChI is InChI=1S/C18H16N8OS/c1-11(2)12-3-5-15(6-4-12)25-18(22-23-24-25)28-10-14-7-16(27)26-17(21-14)13(8-19)9-20-26/h3-7,9,11,20H,10H2,1-2H3. The summed E-state index contributed by atoms with van der Waals surface area (Å²) >= 11 is 1.37. The van der Waals surface area contributed by atoms with Crippen LogP contribution in [0.4, 0.5) is 0 Å². The van der Waals surface area contributed by atoms with E-state index in [1.165, 1.54) is 34.1 Å². The summed E-state index contributed by atoms with van der Waals surface area (Å²) in [5.41, 5.74) is 3.01. The minimum atomic E-state index is -0.272. The summed E-state index contributed by atoms with van der Waals surface area (Å²) < 4.78 is 2.89. The number of fused-ring (bicyclic) bond motifs is 1. The Morgan fingerprint density at radius 2 is 2.07 bits per heavy atom. The number of aromatic nitrogens is 7. The van der Waals surface area contributed by atoms with Crippen LogP contribution in [0.5, 0.6) is 0 Å². The predicted molar refractivity (Wildman–Crippen MR) is 103 cm³/mol. The van der Waals surface area contributed by atoms with E-state index in [0.717, 1.165) is 5.69 Å². The number of nitrogens with zero attached hydrogens (tertiary/aromatic N) is 7. The smallest absolute Gasteiger partial charge is 0.272 e. The molecular weight excluding hydrogens is 376 g/mol. The lowest BCUT2D eigenvalue weighted by atomic mass is 10.0. The van der Waals surface area contributed by atoms with E-state index in [-0.39, 0.29) is 5.56 Å². The van der Waals surface area contributed by atoms with E-state index in [1.54, 1.807) is 4.68 Å². The number of hydrogen-bond donors (Lipinski definition) is 1. The maximum absolute atomic E-state index is 12.2. The average molecular weight is 392 g/mol. The molecule has 4 rings (SSSR count). The summed E-state index contributed by atoms with van der Waals surface area (Å²) in [7, 11) is 0. The highest BCUT2D eigenvalue weighted by atomic mass is 32.2. The normalized spacial score (nSPS) is 11.2. The van der Waals surface area contributed by atoms with E-state index >= 15 is 0 Å². The van der Waals surface area contributed by atoms with Gasteiger partial charge >= 0.3 is 0 Å². The Kier molecular flexibility index (Phi) is 4.67. The summed E-state index contributed by atoms with van der Waals surface area (Å²) in [6, 6.07) is 11.5. The lowest BCUT2D eigenvalue weighted by Gasteiger charge is -2.08. The molecule has 0 spiro atoms. The van der Waals surface area contributed by atoms with E-state index in [2.05, 4.69) is 51.6 Å². The van der Waals surface area contributed by atoms with Crippen molar-refractivity contribution in [2.45, 2.75) is 30.7 Å². The summed E-state index contributed by atoms with van der Waals surface area (Å²) in [6.07, 6.45) is 1.46. The monoisotopic (exact) mass is 392 g/mol. The van der Waals surface area contributed by atoms with Crippen LogP contribution in [0, 0.1) is 11.3 Å². The Hall–Kier alpha value is -3.45. The molecule has 0 atom stereocenters. The van der Waals surface area contributed by atoms with Crippen LogP contribution < -0.4 is 5.56 Å². The van der Waals surface area contributed by atoms with Crippen molar-refractivity contribution in [3.05, 3.63) is 63.7 Å². The molecule has 1 N–H and O–H groups in total. The molecule has 28 heavy (non-hydrogen) atoms. The van der Waals surface area contributed by atoms with Crippen LogP contribution in [0.3, 0.4) is 0 Å². The van der Waals surface area contributed by atoms with Crippen molar-refractivity contribution < 1.29 is 0 Å². The molecule has 3 heterocycles. The maximum Gasteiger partial charge on any atom is 0.272 e. The van der Waals surface area contributed by atoms with Gasteiger partial charge < -0.3 is 0 Å². The van der Waals surface area contributed by atoms with Gasteiger partial charge in [0.1, 0.15) is 11.6 Å². The highest BCUT2D eigenvalue weighted by Gasteiger charge is 2.13. The quantitative estimate of drug-likeness (QED) is 0.518. The minimum Gasteiger partial charge on any atom is -0.295 e. The Bertz CT molecular complexity index is 1230. The predicted octanol–water partition coefficient (Wildman–Crippen LogP) is 2.29. The van der Waals surface area contributed by atoms with Crippen molar-refractivity contribution in [2.24, 2.45) is 0 Å². The topological polar surface area (TPSA) is 118 Å². The molecule has 0 radical (unpaired) electrons. The maximum atomic E-state index is 12.2. The highest BCUT2D eigenvalue weighted by molar-refractivity contribution is 7.98. The lowest BCUT2D eigenvalue weighted by molar-refractivity contribution is 0.754. The molecule has 10 heteroatoms. The first-order valence-electron chi connectivity index (χ1n) is 8.58. The number of H-pyrrole nitrogens is 1. The van der Waals surface area contributed by atoms with E-state index in [4.69, 9.17) is 5.26 Å². The van der Waals surface area contributed by atoms with E-state index in [1.807, 2.05) is 18.2 Å². The van der Waals surface area contributed by atoms with E-state index in [0.29, 0.717) is 33.7 Å². The van der Waals surface area contributed by atoms with Gasteiger partial charge in [-0.05, 0) is 34.0 Å². The third-order valence-corrected chi connectivity index (χ3v) is 5.22. The van der Waals surface area contributed by atoms with Gasteiger partial charge in [-0.2, -0.15) is 9.94 Å². The molecule has 0 saturated heterocycles. The molecule has 9 nitrogen and oxygen atoms in total. The van der Waals surface area contributed by atoms with Crippen LogP contribution in [-0.4, -0.2) is 34.8 Å². The third kappa shape index (κ3) is 3.27. The first kappa shape index (κ1) is 17.9. The van der Waals surface area contributed by atoms with Crippen molar-refractivity contribution in [3.63, 3.8) is 0 Å². The number of hydrogen-bond acceptors (Lipinski definition) is 7. The second kappa shape index (κ2) is 7.28. The van der Waals surface area contributed by atoms with Gasteiger partial charge in [0.15, 0.2) is 5.65 Å². The van der Waals surface area contributed by atoms with Gasteiger partial charge in [-0.1, -0.05) is 37.7 Å². The zero-order valence-electron chi connectivity index (χ0n) is 15.2. The van der Waals surface area contributed by atoms with Crippen LogP contribution in [0.2, 0.25) is 0 Å². The molecule has 0 amide bonds. The molecular formula is C18H16N8OS. The van der Waals surface area contributed by atoms with Gasteiger partial charge in [0.2, 0.25) is 5.16 Å². The number of thioether (sulfide) groups is 1. The van der Waals surface area contributed by atoms with Crippen molar-refractivity contribution in [2.75, 3.05) is 0 Å². The largest absolute Gasteiger partial charge is 0.295 e. The van der Waals surface area contributed by atoms with Crippen LogP contribution in [0.1, 0.15) is 36.6 Å².